The van der Waals surface area contributed by atoms with E-state index in [4.69, 9.17) is 27.7 Å². The summed E-state index contributed by atoms with van der Waals surface area (Å²) < 4.78 is 54.8. The fourth-order valence-electron chi connectivity index (χ4n) is 5.00. The molecular formula is C37H41Cl2N5O7S2. The second-order valence-corrected chi connectivity index (χ2v) is 19.0. The van der Waals surface area contributed by atoms with Gasteiger partial charge in [-0.3, -0.25) is 19.6 Å². The molecule has 2 N–H and O–H groups in total. The molecule has 0 aliphatic carbocycles. The van der Waals surface area contributed by atoms with Crippen LogP contribution >= 0.6 is 23.2 Å². The Bertz CT molecular complexity index is 2300. The van der Waals surface area contributed by atoms with Crippen LogP contribution in [0, 0.1) is 6.92 Å². The first-order valence-corrected chi connectivity index (χ1v) is 20.1. The van der Waals surface area contributed by atoms with Crippen molar-refractivity contribution in [2.75, 3.05) is 10.6 Å². The number of aryl methyl sites for hydroxylation is 2. The van der Waals surface area contributed by atoms with Crippen molar-refractivity contribution in [2.24, 2.45) is 7.05 Å². The average molecular weight is 803 g/mol. The van der Waals surface area contributed by atoms with Crippen LogP contribution in [0.1, 0.15) is 52.3 Å². The summed E-state index contributed by atoms with van der Waals surface area (Å²) in [6, 6.07) is 22.6. The second kappa shape index (κ2) is 16.3. The first-order chi connectivity index (χ1) is 24.7. The van der Waals surface area contributed by atoms with Crippen LogP contribution in [0.2, 0.25) is 10.0 Å². The molecule has 282 valence electrons. The predicted molar refractivity (Wildman–Crippen MR) is 207 cm³/mol. The van der Waals surface area contributed by atoms with E-state index in [-0.39, 0.29) is 15.7 Å². The van der Waals surface area contributed by atoms with Gasteiger partial charge in [-0.1, -0.05) is 72.0 Å². The first kappa shape index (κ1) is 41.3. The molecular weight excluding hydrogens is 761 g/mol. The number of rotatable bonds is 11. The van der Waals surface area contributed by atoms with Crippen LogP contribution in [0.25, 0.3) is 11.3 Å². The lowest BCUT2D eigenvalue weighted by Crippen LogP contribution is -2.44. The van der Waals surface area contributed by atoms with Crippen LogP contribution in [0.15, 0.2) is 99.2 Å². The van der Waals surface area contributed by atoms with E-state index in [0.717, 1.165) is 23.2 Å². The molecule has 5 aromatic rings. The van der Waals surface area contributed by atoms with Crippen molar-refractivity contribution < 1.29 is 30.9 Å². The number of nitrogens with one attached hydrogen (secondary N) is 2. The second-order valence-electron chi connectivity index (χ2n) is 13.1. The molecule has 0 radical (unpaired) electrons. The normalized spacial score (nSPS) is 12.1. The highest BCUT2D eigenvalue weighted by Crippen LogP contribution is 2.32. The summed E-state index contributed by atoms with van der Waals surface area (Å²) in [7, 11) is -6.15. The maximum absolute atomic E-state index is 13.1. The minimum absolute atomic E-state index is 0.0243. The van der Waals surface area contributed by atoms with Gasteiger partial charge >= 0.3 is 0 Å². The number of anilines is 2. The van der Waals surface area contributed by atoms with Gasteiger partial charge in [-0.25, -0.2) is 16.8 Å². The summed E-state index contributed by atoms with van der Waals surface area (Å²) in [6.07, 6.45) is 1.60. The van der Waals surface area contributed by atoms with Gasteiger partial charge in [0.25, 0.3) is 0 Å². The highest BCUT2D eigenvalue weighted by Gasteiger charge is 2.44. The fourth-order valence-corrected chi connectivity index (χ4v) is 8.01. The third-order valence-corrected chi connectivity index (χ3v) is 13.9. The lowest BCUT2D eigenvalue weighted by Gasteiger charge is -2.24. The number of sulfone groups is 2. The zero-order valence-corrected chi connectivity index (χ0v) is 33.4. The van der Waals surface area contributed by atoms with E-state index in [1.54, 1.807) is 17.8 Å². The molecule has 12 nitrogen and oxygen atoms in total. The zero-order valence-electron chi connectivity index (χ0n) is 30.3. The molecule has 16 heteroatoms. The van der Waals surface area contributed by atoms with Crippen LogP contribution in [0.3, 0.4) is 0 Å². The van der Waals surface area contributed by atoms with Gasteiger partial charge in [-0.15, -0.1) is 0 Å². The Hall–Kier alpha value is -4.50. The molecule has 0 spiro atoms. The van der Waals surface area contributed by atoms with Crippen LogP contribution in [0.5, 0.6) is 0 Å². The Kier molecular flexibility index (Phi) is 12.7. The molecule has 0 atom stereocenters. The highest BCUT2D eigenvalue weighted by atomic mass is 35.5. The molecule has 2 amide bonds. The van der Waals surface area contributed by atoms with Gasteiger partial charge in [-0.05, 0) is 89.6 Å². The molecule has 2 heterocycles. The lowest BCUT2D eigenvalue weighted by molar-refractivity contribution is -0.118. The van der Waals surface area contributed by atoms with Crippen molar-refractivity contribution in [1.82, 2.24) is 14.9 Å². The molecule has 0 saturated carbocycles. The van der Waals surface area contributed by atoms with Gasteiger partial charge in [-0.2, -0.15) is 5.10 Å². The van der Waals surface area contributed by atoms with Crippen molar-refractivity contribution in [1.29, 1.82) is 0 Å². The summed E-state index contributed by atoms with van der Waals surface area (Å²) in [4.78, 5) is 25.6. The van der Waals surface area contributed by atoms with Crippen LogP contribution in [0.4, 0.5) is 11.7 Å². The average Bonchev–Trinajstić information content (AvgIpc) is 3.67. The monoisotopic (exact) mass is 801 g/mol. The number of aromatic nitrogens is 3. The van der Waals surface area contributed by atoms with Crippen molar-refractivity contribution in [3.8, 4) is 11.3 Å². The molecule has 53 heavy (non-hydrogen) atoms. The lowest BCUT2D eigenvalue weighted by atomic mass is 10.1. The van der Waals surface area contributed by atoms with Crippen molar-refractivity contribution >= 4 is 66.4 Å². The number of benzene rings is 3. The number of halogens is 2. The number of hydrogen-bond acceptors (Lipinski definition) is 9. The number of carbonyl (C=O) groups excluding carboxylic acids is 2. The smallest absolute Gasteiger partial charge is 0.248 e. The van der Waals surface area contributed by atoms with Crippen molar-refractivity contribution in [2.45, 2.75) is 73.7 Å². The van der Waals surface area contributed by atoms with E-state index in [0.29, 0.717) is 28.0 Å². The van der Waals surface area contributed by atoms with Gasteiger partial charge in [0.1, 0.15) is 15.3 Å². The van der Waals surface area contributed by atoms with Crippen molar-refractivity contribution in [3.05, 3.63) is 106 Å². The van der Waals surface area contributed by atoms with Gasteiger partial charge in [0.15, 0.2) is 19.7 Å². The van der Waals surface area contributed by atoms with Gasteiger partial charge in [0.05, 0.1) is 21.2 Å². The fraction of sp³-hybridized carbons (Fsp3) is 0.297. The van der Waals surface area contributed by atoms with E-state index < -0.39 is 41.0 Å². The van der Waals surface area contributed by atoms with E-state index in [1.807, 2.05) is 44.2 Å². The van der Waals surface area contributed by atoms with E-state index in [1.165, 1.54) is 76.2 Å². The topological polar surface area (TPSA) is 170 Å². The Morgan fingerprint density at radius 2 is 1.25 bits per heavy atom. The number of amides is 2. The number of hydrogen-bond donors (Lipinski definition) is 2. The van der Waals surface area contributed by atoms with Gasteiger partial charge in [0, 0.05) is 34.3 Å². The molecule has 0 saturated heterocycles. The van der Waals surface area contributed by atoms with Crippen LogP contribution in [-0.4, -0.2) is 53.1 Å². The molecule has 0 bridgehead atoms. The Balaban J connectivity index is 0.000000241. The van der Waals surface area contributed by atoms with Crippen LogP contribution < -0.4 is 10.6 Å². The summed E-state index contributed by atoms with van der Waals surface area (Å²) in [6.45, 7) is 9.29. The Labute approximate surface area is 319 Å². The molecule has 0 aliphatic rings. The number of nitrogens with zero attached hydrogens (tertiary/aromatic N) is 3. The van der Waals surface area contributed by atoms with E-state index in [9.17, 15) is 26.4 Å². The minimum atomic E-state index is -3.95. The Morgan fingerprint density at radius 1 is 0.774 bits per heavy atom. The maximum atomic E-state index is 13.1. The quantitative estimate of drug-likeness (QED) is 0.136. The molecule has 0 aliphatic heterocycles. The third kappa shape index (κ3) is 8.84. The third-order valence-electron chi connectivity index (χ3n) is 8.55. The van der Waals surface area contributed by atoms with E-state index >= 15 is 0 Å². The minimum Gasteiger partial charge on any atom is -0.338 e. The molecule has 0 fully saturated rings. The molecule has 2 aromatic heterocycles. The van der Waals surface area contributed by atoms with E-state index in [2.05, 4.69) is 20.9 Å². The van der Waals surface area contributed by atoms with Gasteiger partial charge < -0.3 is 9.84 Å². The van der Waals surface area contributed by atoms with Crippen molar-refractivity contribution in [3.63, 3.8) is 0 Å². The summed E-state index contributed by atoms with van der Waals surface area (Å²) >= 11 is 11.6. The van der Waals surface area contributed by atoms with Crippen LogP contribution in [-0.2, 0) is 42.7 Å². The highest BCUT2D eigenvalue weighted by molar-refractivity contribution is 7.94. The maximum Gasteiger partial charge on any atom is 0.248 e. The molecule has 3 aromatic carbocycles. The summed E-state index contributed by atoms with van der Waals surface area (Å²) in [5, 5.41) is 14.4. The molecule has 0 unspecified atom stereocenters. The largest absolute Gasteiger partial charge is 0.338 e. The summed E-state index contributed by atoms with van der Waals surface area (Å²) in [5.74, 6) is -0.758. The predicted octanol–water partition coefficient (Wildman–Crippen LogP) is 7.71. The molecule has 5 rings (SSSR count). The zero-order chi connectivity index (χ0) is 39.4. The summed E-state index contributed by atoms with van der Waals surface area (Å²) in [5.41, 5.74) is 3.09. The van der Waals surface area contributed by atoms with Gasteiger partial charge in [0.2, 0.25) is 17.7 Å². The standard InChI is InChI=1S/C21H22ClN3O3S.C16H19ClN2O4S/c1-14-18(15-8-6-5-7-9-15)24-25(4)19(14)23-20(26)21(2,3)29(27,28)17-12-10-16(22)11-13-17;1-4-5-12-10-14(23-19-12)18-15(20)16(2,3)24(21,22)13-8-6-11(17)7-9-13/h5-13H,1-4H3,(H,23,26);6-10H,4-5H2,1-3H3,(H,18,20). The Morgan fingerprint density at radius 3 is 1.72 bits per heavy atom. The first-order valence-electron chi connectivity index (χ1n) is 16.4. The number of carbonyl (C=O) groups is 2. The SMILES string of the molecule is CCCc1cc(NC(=O)C(C)(C)S(=O)(=O)c2ccc(Cl)cc2)on1.Cc1c(-c2ccccc2)nn(C)c1NC(=O)C(C)(C)S(=O)(=O)c1ccc(Cl)cc1.